The van der Waals surface area contributed by atoms with E-state index in [-0.39, 0.29) is 29.7 Å². The van der Waals surface area contributed by atoms with E-state index in [1.807, 2.05) is 35.2 Å². The summed E-state index contributed by atoms with van der Waals surface area (Å²) in [6, 6.07) is 10.7. The molecular weight excluding hydrogens is 564 g/mol. The quantitative estimate of drug-likeness (QED) is 0.483. The van der Waals surface area contributed by atoms with Gasteiger partial charge < -0.3 is 39.0 Å². The molecule has 44 heavy (non-hydrogen) atoms. The lowest BCUT2D eigenvalue weighted by molar-refractivity contribution is -0.131. The fraction of sp³-hybridized carbons (Fsp3) is 0.485. The first kappa shape index (κ1) is 31.0. The number of benzene rings is 2. The van der Waals surface area contributed by atoms with Crippen molar-refractivity contribution in [1.29, 1.82) is 0 Å². The summed E-state index contributed by atoms with van der Waals surface area (Å²) < 4.78 is 22.3. The van der Waals surface area contributed by atoms with Crippen molar-refractivity contribution in [3.8, 4) is 17.2 Å². The molecule has 3 aliphatic rings. The third-order valence-electron chi connectivity index (χ3n) is 8.50. The highest BCUT2D eigenvalue weighted by Crippen LogP contribution is 2.51. The molecule has 0 spiro atoms. The molecule has 11 nitrogen and oxygen atoms in total. The highest BCUT2D eigenvalue weighted by Gasteiger charge is 2.43. The van der Waals surface area contributed by atoms with Crippen LogP contribution in [0.15, 0.2) is 47.7 Å². The summed E-state index contributed by atoms with van der Waals surface area (Å²) in [5.41, 5.74) is 3.47. The highest BCUT2D eigenvalue weighted by atomic mass is 16.6. The van der Waals surface area contributed by atoms with Crippen LogP contribution < -0.4 is 24.4 Å². The number of anilines is 2. The molecule has 2 aliphatic heterocycles. The lowest BCUT2D eigenvalue weighted by Gasteiger charge is -2.40. The van der Waals surface area contributed by atoms with Crippen LogP contribution in [0.4, 0.5) is 16.2 Å². The molecule has 0 saturated carbocycles. The predicted octanol–water partition coefficient (Wildman–Crippen LogP) is 4.63. The first-order chi connectivity index (χ1) is 21.1. The van der Waals surface area contributed by atoms with Gasteiger partial charge in [-0.25, -0.2) is 4.79 Å². The number of Topliss-reactive ketones (excluding diaryl/α,β-unsaturated/α-hetero) is 1. The number of amides is 2. The Kier molecular flexibility index (Phi) is 8.94. The summed E-state index contributed by atoms with van der Waals surface area (Å²) in [6.07, 6.45) is 0.658. The number of methoxy groups -OCH3 is 3. The second-order valence-corrected chi connectivity index (χ2v) is 12.0. The molecule has 0 radical (unpaired) electrons. The number of carbonyl (C=O) groups excluding carboxylic acids is 3. The third-order valence-corrected chi connectivity index (χ3v) is 8.50. The number of ether oxygens (including phenoxy) is 4. The fourth-order valence-corrected chi connectivity index (χ4v) is 6.42. The first-order valence-corrected chi connectivity index (χ1v) is 15.0. The molecule has 2 aromatic carbocycles. The van der Waals surface area contributed by atoms with Crippen LogP contribution in [0, 0.1) is 5.41 Å². The standard InChI is InChI=1S/C33H42N4O7/c1-7-44-32(40)36-14-12-35(13-15-36)29(39)20-37-24-11-9-8-10-22(24)34-23-18-33(2,3)19-25(38)30(23)31(37)21-16-27(42-5)28(43-6)17-26(21)41-4/h8-11,16-17,31,34H,7,12-15,18-20H2,1-6H3. The molecule has 1 unspecified atom stereocenters. The first-order valence-electron chi connectivity index (χ1n) is 15.0. The van der Waals surface area contributed by atoms with Crippen LogP contribution in [0.5, 0.6) is 17.2 Å². The van der Waals surface area contributed by atoms with Crippen molar-refractivity contribution >= 4 is 29.2 Å². The number of allylic oxidation sites excluding steroid dienone is 1. The van der Waals surface area contributed by atoms with Gasteiger partial charge >= 0.3 is 6.09 Å². The number of hydrogen-bond acceptors (Lipinski definition) is 9. The van der Waals surface area contributed by atoms with E-state index in [9.17, 15) is 14.4 Å². The predicted molar refractivity (Wildman–Crippen MR) is 166 cm³/mol. The van der Waals surface area contributed by atoms with E-state index < -0.39 is 6.04 Å². The molecule has 11 heteroatoms. The van der Waals surface area contributed by atoms with Gasteiger partial charge in [0, 0.05) is 55.5 Å². The maximum absolute atomic E-state index is 14.1. The number of fused-ring (bicyclic) bond motifs is 1. The Labute approximate surface area is 258 Å². The van der Waals surface area contributed by atoms with Crippen LogP contribution in [-0.4, -0.2) is 88.2 Å². The molecule has 1 N–H and O–H groups in total. The Morgan fingerprint density at radius 2 is 1.55 bits per heavy atom. The molecule has 2 amide bonds. The molecule has 1 saturated heterocycles. The Morgan fingerprint density at radius 1 is 0.909 bits per heavy atom. The highest BCUT2D eigenvalue weighted by molar-refractivity contribution is 6.02. The van der Waals surface area contributed by atoms with Crippen LogP contribution >= 0.6 is 0 Å². The molecule has 1 fully saturated rings. The number of ketones is 1. The van der Waals surface area contributed by atoms with Gasteiger partial charge in [-0.2, -0.15) is 0 Å². The minimum absolute atomic E-state index is 0.00623. The molecule has 236 valence electrons. The van der Waals surface area contributed by atoms with E-state index in [1.165, 1.54) is 0 Å². The molecule has 5 rings (SSSR count). The molecule has 1 aliphatic carbocycles. The van der Waals surface area contributed by atoms with Gasteiger partial charge in [0.1, 0.15) is 5.75 Å². The van der Waals surface area contributed by atoms with Crippen LogP contribution in [0.25, 0.3) is 0 Å². The van der Waals surface area contributed by atoms with Gasteiger partial charge in [-0.1, -0.05) is 26.0 Å². The van der Waals surface area contributed by atoms with Crippen LogP contribution in [-0.2, 0) is 14.3 Å². The van der Waals surface area contributed by atoms with Crippen molar-refractivity contribution in [3.05, 3.63) is 53.2 Å². The Bertz CT molecular complexity index is 1460. The second-order valence-electron chi connectivity index (χ2n) is 12.0. The minimum atomic E-state index is -0.663. The number of nitrogens with zero attached hydrogens (tertiary/aromatic N) is 3. The number of rotatable bonds is 7. The van der Waals surface area contributed by atoms with Gasteiger partial charge in [0.2, 0.25) is 5.91 Å². The Hall–Kier alpha value is -4.41. The normalized spacial score (nSPS) is 19.4. The summed E-state index contributed by atoms with van der Waals surface area (Å²) in [5, 5.41) is 3.59. The average Bonchev–Trinajstić information content (AvgIpc) is 3.14. The molecule has 2 aromatic rings. The van der Waals surface area contributed by atoms with E-state index in [0.717, 1.165) is 17.1 Å². The van der Waals surface area contributed by atoms with E-state index in [0.29, 0.717) is 74.0 Å². The largest absolute Gasteiger partial charge is 0.496 e. The monoisotopic (exact) mass is 606 g/mol. The zero-order valence-electron chi connectivity index (χ0n) is 26.4. The number of piperazine rings is 1. The average molecular weight is 607 g/mol. The van der Waals surface area contributed by atoms with Gasteiger partial charge in [-0.3, -0.25) is 9.59 Å². The van der Waals surface area contributed by atoms with E-state index in [2.05, 4.69) is 19.2 Å². The summed E-state index contributed by atoms with van der Waals surface area (Å²) >= 11 is 0. The summed E-state index contributed by atoms with van der Waals surface area (Å²) in [5.74, 6) is 1.39. The second kappa shape index (κ2) is 12.7. The lowest BCUT2D eigenvalue weighted by Crippen LogP contribution is -2.53. The van der Waals surface area contributed by atoms with Gasteiger partial charge in [-0.05, 0) is 37.0 Å². The van der Waals surface area contributed by atoms with Crippen molar-refractivity contribution in [2.45, 2.75) is 39.7 Å². The third kappa shape index (κ3) is 6.00. The Morgan fingerprint density at radius 3 is 2.20 bits per heavy atom. The summed E-state index contributed by atoms with van der Waals surface area (Å²) in [6.45, 7) is 7.80. The van der Waals surface area contributed by atoms with E-state index >= 15 is 0 Å². The van der Waals surface area contributed by atoms with Crippen molar-refractivity contribution < 1.29 is 33.3 Å². The molecule has 2 heterocycles. The van der Waals surface area contributed by atoms with Gasteiger partial charge in [0.25, 0.3) is 0 Å². The number of hydrogen-bond donors (Lipinski definition) is 1. The lowest BCUT2D eigenvalue weighted by atomic mass is 9.73. The van der Waals surface area contributed by atoms with E-state index in [4.69, 9.17) is 18.9 Å². The number of para-hydroxylation sites is 2. The van der Waals surface area contributed by atoms with Crippen molar-refractivity contribution in [2.24, 2.45) is 5.41 Å². The maximum Gasteiger partial charge on any atom is 0.409 e. The zero-order chi connectivity index (χ0) is 31.6. The number of nitrogens with one attached hydrogen (secondary N) is 1. The van der Waals surface area contributed by atoms with Crippen LogP contribution in [0.2, 0.25) is 0 Å². The molecular formula is C33H42N4O7. The molecule has 0 bridgehead atoms. The molecule has 1 atom stereocenters. The Balaban J connectivity index is 1.62. The van der Waals surface area contributed by atoms with Crippen molar-refractivity contribution in [1.82, 2.24) is 9.80 Å². The summed E-state index contributed by atoms with van der Waals surface area (Å²) in [4.78, 5) is 45.8. The summed E-state index contributed by atoms with van der Waals surface area (Å²) in [7, 11) is 4.70. The van der Waals surface area contributed by atoms with Crippen LogP contribution in [0.1, 0.15) is 45.2 Å². The van der Waals surface area contributed by atoms with Crippen molar-refractivity contribution in [2.75, 3.05) is 70.9 Å². The molecule has 0 aromatic heterocycles. The van der Waals surface area contributed by atoms with Crippen LogP contribution in [0.3, 0.4) is 0 Å². The zero-order valence-corrected chi connectivity index (χ0v) is 26.4. The number of carbonyl (C=O) groups is 3. The van der Waals surface area contributed by atoms with Gasteiger partial charge in [0.15, 0.2) is 17.3 Å². The topological polar surface area (TPSA) is 110 Å². The smallest absolute Gasteiger partial charge is 0.409 e. The van der Waals surface area contributed by atoms with E-state index in [1.54, 1.807) is 44.1 Å². The minimum Gasteiger partial charge on any atom is -0.496 e. The van der Waals surface area contributed by atoms with Gasteiger partial charge in [-0.15, -0.1) is 0 Å². The fourth-order valence-electron chi connectivity index (χ4n) is 6.42. The van der Waals surface area contributed by atoms with Gasteiger partial charge in [0.05, 0.1) is 51.9 Å². The SMILES string of the molecule is CCOC(=O)N1CCN(C(=O)CN2c3ccccc3NC3=C(C(=O)CC(C)(C)C3)C2c2cc(OC)c(OC)cc2OC)CC1. The van der Waals surface area contributed by atoms with Crippen molar-refractivity contribution in [3.63, 3.8) is 0 Å². The maximum atomic E-state index is 14.1.